The zero-order valence-corrected chi connectivity index (χ0v) is 23.0. The van der Waals surface area contributed by atoms with Crippen molar-refractivity contribution in [2.24, 2.45) is 11.8 Å². The first-order chi connectivity index (χ1) is 15.1. The van der Waals surface area contributed by atoms with Crippen LogP contribution in [0.5, 0.6) is 0 Å². The normalized spacial score (nSPS) is 9.27. The van der Waals surface area contributed by atoms with Crippen molar-refractivity contribution in [3.63, 3.8) is 0 Å². The van der Waals surface area contributed by atoms with Crippen LogP contribution in [0.1, 0.15) is 106 Å². The first-order valence-corrected chi connectivity index (χ1v) is 11.7. The van der Waals surface area contributed by atoms with E-state index in [4.69, 9.17) is 10.2 Å². The molecule has 9 heteroatoms. The van der Waals surface area contributed by atoms with Gasteiger partial charge in [-0.1, -0.05) is 54.4 Å². The van der Waals surface area contributed by atoms with E-state index in [0.29, 0.717) is 38.9 Å². The molecule has 2 N–H and O–H groups in total. The van der Waals surface area contributed by atoms with E-state index >= 15 is 0 Å². The molecule has 0 aromatic heterocycles. The molecule has 8 nitrogen and oxygen atoms in total. The molecule has 0 radical (unpaired) electrons. The zero-order chi connectivity index (χ0) is 25.9. The Morgan fingerprint density at radius 2 is 0.848 bits per heavy atom. The van der Waals surface area contributed by atoms with E-state index in [0.717, 1.165) is 25.7 Å². The van der Waals surface area contributed by atoms with Gasteiger partial charge in [-0.05, 0) is 38.5 Å². The number of carboxylic acid groups (broad SMARTS) is 2. The van der Waals surface area contributed by atoms with Crippen molar-refractivity contribution in [1.82, 2.24) is 0 Å². The number of unbranched alkanes of at least 4 members (excludes halogenated alkanes) is 2. The number of Topliss-reactive ketones (excluding diaryl/α,β-unsaturated/α-hetero) is 2. The Morgan fingerprint density at radius 1 is 0.606 bits per heavy atom. The fourth-order valence-corrected chi connectivity index (χ4v) is 2.38. The summed E-state index contributed by atoms with van der Waals surface area (Å²) in [6, 6.07) is 0. The molecule has 0 saturated carbocycles. The van der Waals surface area contributed by atoms with Gasteiger partial charge in [0, 0.05) is 49.8 Å². The third kappa shape index (κ3) is 35.7. The van der Waals surface area contributed by atoms with Crippen LogP contribution in [0.2, 0.25) is 0 Å². The summed E-state index contributed by atoms with van der Waals surface area (Å²) in [5, 5.41) is 36.2. The Balaban J connectivity index is -0.000000112. The van der Waals surface area contributed by atoms with E-state index in [2.05, 4.69) is 13.8 Å². The molecule has 0 bridgehead atoms. The molecule has 0 spiro atoms. The van der Waals surface area contributed by atoms with E-state index in [-0.39, 0.29) is 45.1 Å². The van der Waals surface area contributed by atoms with Crippen LogP contribution in [0.3, 0.4) is 0 Å². The number of aliphatic hydroxyl groups excluding tert-OH is 2. The van der Waals surface area contributed by atoms with E-state index in [9.17, 15) is 29.4 Å². The van der Waals surface area contributed by atoms with Crippen LogP contribution in [0.25, 0.3) is 0 Å². The smallest absolute Gasteiger partial charge is 0.550 e. The minimum Gasteiger partial charge on any atom is -0.550 e. The fraction of sp³-hybridized carbons (Fsp3) is 0.833. The molecule has 0 aliphatic carbocycles. The Morgan fingerprint density at radius 3 is 0.939 bits per heavy atom. The van der Waals surface area contributed by atoms with E-state index < -0.39 is 24.8 Å². The second kappa shape index (κ2) is 33.1. The number of hydrogen-bond donors (Lipinski definition) is 2. The van der Waals surface area contributed by atoms with Gasteiger partial charge < -0.3 is 30.0 Å². The van der Waals surface area contributed by atoms with Crippen molar-refractivity contribution >= 4 is 23.5 Å². The predicted molar refractivity (Wildman–Crippen MR) is 121 cm³/mol. The molecule has 0 aromatic rings. The number of carboxylic acids is 2. The number of aliphatic hydroxyl groups is 2. The van der Waals surface area contributed by atoms with Gasteiger partial charge in [-0.25, -0.2) is 0 Å². The maximum Gasteiger partial charge on any atom is 2.00 e. The monoisotopic (exact) mass is 510 g/mol. The third-order valence-electron chi connectivity index (χ3n) is 4.54. The minimum absolute atomic E-state index is 0. The third-order valence-corrected chi connectivity index (χ3v) is 4.54. The SMILES string of the molecule is CCC(CC)C(=O)CC(=O)[O-].CCC(CC)C(=O)CC(=O)[O-].CCCCO.CCCCO.[Ti+2]. The first kappa shape index (κ1) is 42.1. The van der Waals surface area contributed by atoms with Gasteiger partial charge in [0.2, 0.25) is 0 Å². The minimum atomic E-state index is -1.28. The molecule has 0 aliphatic rings. The summed E-state index contributed by atoms with van der Waals surface area (Å²) in [5.74, 6) is -3.19. The number of hydrogen-bond acceptors (Lipinski definition) is 8. The van der Waals surface area contributed by atoms with Crippen molar-refractivity contribution in [3.05, 3.63) is 0 Å². The Hall–Kier alpha value is -1.09. The molecule has 0 heterocycles. The van der Waals surface area contributed by atoms with Gasteiger partial charge >= 0.3 is 21.7 Å². The molecule has 194 valence electrons. The summed E-state index contributed by atoms with van der Waals surface area (Å²) in [5.41, 5.74) is 0. The molecule has 33 heavy (non-hydrogen) atoms. The van der Waals surface area contributed by atoms with Gasteiger partial charge in [0.25, 0.3) is 0 Å². The number of carbonyl (C=O) groups excluding carboxylic acids is 4. The maximum absolute atomic E-state index is 11.0. The van der Waals surface area contributed by atoms with Gasteiger partial charge in [0.1, 0.15) is 11.6 Å². The van der Waals surface area contributed by atoms with Crippen LogP contribution in [0.15, 0.2) is 0 Å². The molecule has 0 fully saturated rings. The molecule has 0 aliphatic heterocycles. The summed E-state index contributed by atoms with van der Waals surface area (Å²) in [6.45, 7) is 12.3. The maximum atomic E-state index is 11.0. The molecule has 0 atom stereocenters. The second-order valence-corrected chi connectivity index (χ2v) is 7.21. The van der Waals surface area contributed by atoms with Gasteiger partial charge in [-0.2, -0.15) is 0 Å². The summed E-state index contributed by atoms with van der Waals surface area (Å²) >= 11 is 0. The van der Waals surface area contributed by atoms with Crippen molar-refractivity contribution in [1.29, 1.82) is 0 Å². The van der Waals surface area contributed by atoms with Crippen LogP contribution < -0.4 is 10.2 Å². The van der Waals surface area contributed by atoms with Crippen molar-refractivity contribution < 1.29 is 61.3 Å². The number of rotatable bonds is 14. The molecule has 0 unspecified atom stereocenters. The van der Waals surface area contributed by atoms with Crippen molar-refractivity contribution in [3.8, 4) is 0 Å². The van der Waals surface area contributed by atoms with Crippen LogP contribution >= 0.6 is 0 Å². The Kier molecular flexibility index (Phi) is 42.2. The van der Waals surface area contributed by atoms with Crippen molar-refractivity contribution in [2.75, 3.05) is 13.2 Å². The van der Waals surface area contributed by atoms with Gasteiger partial charge in [-0.15, -0.1) is 0 Å². The summed E-state index contributed by atoms with van der Waals surface area (Å²) in [6.07, 6.45) is 6.04. The van der Waals surface area contributed by atoms with Gasteiger partial charge in [0.05, 0.1) is 0 Å². The average molecular weight is 510 g/mol. The predicted octanol–water partition coefficient (Wildman–Crippen LogP) is 1.82. The average Bonchev–Trinajstić information content (AvgIpc) is 2.71. The summed E-state index contributed by atoms with van der Waals surface area (Å²) in [4.78, 5) is 42.0. The topological polar surface area (TPSA) is 155 Å². The molecule has 0 amide bonds. The quantitative estimate of drug-likeness (QED) is 0.265. The van der Waals surface area contributed by atoms with Crippen molar-refractivity contribution in [2.45, 2.75) is 106 Å². The number of carbonyl (C=O) groups is 4. The van der Waals surface area contributed by atoms with Crippen LogP contribution in [0, 0.1) is 11.8 Å². The summed E-state index contributed by atoms with van der Waals surface area (Å²) in [7, 11) is 0. The second-order valence-electron chi connectivity index (χ2n) is 7.21. The molecule has 0 rings (SSSR count). The Bertz CT molecular complexity index is 415. The van der Waals surface area contributed by atoms with Crippen LogP contribution in [0.4, 0.5) is 0 Å². The molecular weight excluding hydrogens is 464 g/mol. The zero-order valence-electron chi connectivity index (χ0n) is 21.5. The number of ketones is 2. The van der Waals surface area contributed by atoms with E-state index in [1.54, 1.807) is 0 Å². The molecule has 0 aromatic carbocycles. The number of aliphatic carboxylic acids is 2. The molecule has 0 saturated heterocycles. The summed E-state index contributed by atoms with van der Waals surface area (Å²) < 4.78 is 0. The van der Waals surface area contributed by atoms with Crippen LogP contribution in [-0.2, 0) is 40.9 Å². The van der Waals surface area contributed by atoms with Crippen LogP contribution in [-0.4, -0.2) is 46.9 Å². The Labute approximate surface area is 215 Å². The van der Waals surface area contributed by atoms with Gasteiger partial charge in [-0.3, -0.25) is 9.59 Å². The molecular formula is C24H46O8Ti. The van der Waals surface area contributed by atoms with E-state index in [1.807, 2.05) is 27.7 Å². The largest absolute Gasteiger partial charge is 2.00 e. The standard InChI is InChI=1S/2C8H14O3.2C4H10O.Ti/c2*1-3-6(4-2)7(9)5-8(10)11;2*1-2-3-4-5;/h2*6H,3-5H2,1-2H3,(H,10,11);2*5H,2-4H2,1H3;/q;;;;+2/p-2. The first-order valence-electron chi connectivity index (χ1n) is 11.7. The van der Waals surface area contributed by atoms with E-state index in [1.165, 1.54) is 0 Å². The fourth-order valence-electron chi connectivity index (χ4n) is 2.38. The van der Waals surface area contributed by atoms with Gasteiger partial charge in [0.15, 0.2) is 0 Å².